The summed E-state index contributed by atoms with van der Waals surface area (Å²) in [6.07, 6.45) is -0.0187. The third kappa shape index (κ3) is 6.83. The van der Waals surface area contributed by atoms with Gasteiger partial charge in [0.2, 0.25) is 5.91 Å². The summed E-state index contributed by atoms with van der Waals surface area (Å²) in [6, 6.07) is 19.3. The summed E-state index contributed by atoms with van der Waals surface area (Å²) < 4.78 is 5.00. The average molecular weight is 543 g/mol. The average Bonchev–Trinajstić information content (AvgIpc) is 3.02. The Bertz CT molecular complexity index is 1470. The maximum atomic E-state index is 13.6. The van der Waals surface area contributed by atoms with E-state index >= 15 is 0 Å². The van der Waals surface area contributed by atoms with Gasteiger partial charge in [0.25, 0.3) is 5.91 Å². The van der Waals surface area contributed by atoms with Crippen molar-refractivity contribution < 1.29 is 19.1 Å². The van der Waals surface area contributed by atoms with Crippen molar-refractivity contribution >= 4 is 40.9 Å². The lowest BCUT2D eigenvalue weighted by Crippen LogP contribution is -2.40. The molecule has 0 atom stereocenters. The topological polar surface area (TPSA) is 117 Å². The third-order valence-corrected chi connectivity index (χ3v) is 6.38. The van der Waals surface area contributed by atoms with E-state index in [9.17, 15) is 14.4 Å². The molecule has 0 unspecified atom stereocenters. The molecule has 2 amide bonds. The fraction of sp³-hybridized carbons (Fsp3) is 0.200. The minimum Gasteiger partial charge on any atom is -0.466 e. The number of anilines is 1. The maximum Gasteiger partial charge on any atom is 0.307 e. The molecule has 0 aliphatic carbocycles. The van der Waals surface area contributed by atoms with E-state index < -0.39 is 5.97 Å². The first-order valence-electron chi connectivity index (χ1n) is 12.4. The van der Waals surface area contributed by atoms with Crippen LogP contribution in [0.3, 0.4) is 0 Å². The maximum absolute atomic E-state index is 13.6. The van der Waals surface area contributed by atoms with E-state index in [1.807, 2.05) is 12.1 Å². The summed E-state index contributed by atoms with van der Waals surface area (Å²) in [4.78, 5) is 41.9. The van der Waals surface area contributed by atoms with Gasteiger partial charge in [0, 0.05) is 28.3 Å². The second kappa shape index (κ2) is 12.3. The van der Waals surface area contributed by atoms with Crippen molar-refractivity contribution in [2.75, 3.05) is 24.6 Å². The number of nitrogens with zero attached hydrogens (tertiary/aromatic N) is 2. The zero-order valence-corrected chi connectivity index (χ0v) is 22.1. The molecular formula is C30H27ClN4O4. The predicted molar refractivity (Wildman–Crippen MR) is 150 cm³/mol. The highest BCUT2D eigenvalue weighted by Crippen LogP contribution is 2.29. The molecule has 198 valence electrons. The molecule has 1 aliphatic heterocycles. The Morgan fingerprint density at radius 2 is 1.69 bits per heavy atom. The molecule has 1 heterocycles. The number of nitrogens with two attached hydrogens (primary N) is 1. The van der Waals surface area contributed by atoms with Gasteiger partial charge in [-0.25, -0.2) is 0 Å². The number of carbonyl (C=O) groups excluding carboxylic acids is 3. The van der Waals surface area contributed by atoms with Crippen LogP contribution in [-0.4, -0.2) is 48.2 Å². The zero-order valence-electron chi connectivity index (χ0n) is 21.4. The molecule has 4 rings (SSSR count). The normalized spacial score (nSPS) is 12.8. The number of esters is 1. The van der Waals surface area contributed by atoms with Crippen molar-refractivity contribution in [1.82, 2.24) is 4.90 Å². The number of fused-ring (bicyclic) bond motifs is 1. The smallest absolute Gasteiger partial charge is 0.307 e. The van der Waals surface area contributed by atoms with Gasteiger partial charge in [-0.2, -0.15) is 0 Å². The fourth-order valence-corrected chi connectivity index (χ4v) is 4.23. The van der Waals surface area contributed by atoms with Crippen LogP contribution >= 0.6 is 11.6 Å². The molecule has 9 heteroatoms. The number of nitrogens with one attached hydrogen (secondary N) is 1. The van der Waals surface area contributed by atoms with Gasteiger partial charge in [-0.1, -0.05) is 47.7 Å². The van der Waals surface area contributed by atoms with Crippen molar-refractivity contribution in [2.24, 2.45) is 5.73 Å². The minimum atomic E-state index is -0.435. The number of halogens is 1. The van der Waals surface area contributed by atoms with Crippen LogP contribution in [0.1, 0.15) is 46.0 Å². The van der Waals surface area contributed by atoms with Gasteiger partial charge in [0.1, 0.15) is 12.4 Å². The van der Waals surface area contributed by atoms with E-state index in [1.165, 1.54) is 4.90 Å². The first-order valence-corrected chi connectivity index (χ1v) is 12.7. The third-order valence-electron chi connectivity index (χ3n) is 6.12. The highest BCUT2D eigenvalue weighted by Gasteiger charge is 2.32. The molecule has 0 spiro atoms. The Balaban J connectivity index is 1.68. The number of benzene rings is 3. The van der Waals surface area contributed by atoms with Crippen LogP contribution in [0.4, 0.5) is 5.69 Å². The standard InChI is InChI=1S/C30H27ClN4O4/c1-2-39-28(37)15-16-34-19-27(36)35(18-22-7-12-24(31)13-8-22)26-14-9-21(17-25(26)30(34)38)4-3-20-5-10-23(11-6-20)29(32)33/h5-14,17H,2,15-16,18-19H2,1H3,(H3,32,33). The second-order valence-corrected chi connectivity index (χ2v) is 9.30. The highest BCUT2D eigenvalue weighted by molar-refractivity contribution is 6.30. The van der Waals surface area contributed by atoms with Crippen LogP contribution in [-0.2, 0) is 20.9 Å². The van der Waals surface area contributed by atoms with Crippen molar-refractivity contribution in [1.29, 1.82) is 5.41 Å². The number of ether oxygens (including phenoxy) is 1. The number of hydrogen-bond acceptors (Lipinski definition) is 5. The molecule has 0 radical (unpaired) electrons. The number of amidine groups is 1. The van der Waals surface area contributed by atoms with E-state index in [2.05, 4.69) is 11.8 Å². The van der Waals surface area contributed by atoms with E-state index in [0.29, 0.717) is 27.4 Å². The van der Waals surface area contributed by atoms with Crippen LogP contribution in [0.25, 0.3) is 0 Å². The van der Waals surface area contributed by atoms with Gasteiger partial charge in [-0.15, -0.1) is 0 Å². The number of hydrogen-bond donors (Lipinski definition) is 2. The molecule has 3 aromatic carbocycles. The Hall–Kier alpha value is -4.61. The Morgan fingerprint density at radius 3 is 2.36 bits per heavy atom. The van der Waals surface area contributed by atoms with Crippen LogP contribution in [0.15, 0.2) is 66.7 Å². The van der Waals surface area contributed by atoms with Gasteiger partial charge in [0.15, 0.2) is 0 Å². The van der Waals surface area contributed by atoms with E-state index in [1.54, 1.807) is 66.4 Å². The monoisotopic (exact) mass is 542 g/mol. The van der Waals surface area contributed by atoms with Crippen LogP contribution in [0, 0.1) is 17.3 Å². The second-order valence-electron chi connectivity index (χ2n) is 8.86. The van der Waals surface area contributed by atoms with Gasteiger partial charge < -0.3 is 20.3 Å². The van der Waals surface area contributed by atoms with Crippen LogP contribution in [0.5, 0.6) is 0 Å². The highest BCUT2D eigenvalue weighted by atomic mass is 35.5. The molecule has 0 bridgehead atoms. The summed E-state index contributed by atoms with van der Waals surface area (Å²) in [5.41, 5.74) is 9.05. The van der Waals surface area contributed by atoms with Crippen molar-refractivity contribution in [3.63, 3.8) is 0 Å². The van der Waals surface area contributed by atoms with Gasteiger partial charge in [-0.3, -0.25) is 19.8 Å². The van der Waals surface area contributed by atoms with Crippen LogP contribution in [0.2, 0.25) is 5.02 Å². The summed E-state index contributed by atoms with van der Waals surface area (Å²) >= 11 is 6.03. The zero-order chi connectivity index (χ0) is 27.9. The van der Waals surface area contributed by atoms with Gasteiger partial charge >= 0.3 is 5.97 Å². The fourth-order valence-electron chi connectivity index (χ4n) is 4.11. The summed E-state index contributed by atoms with van der Waals surface area (Å²) in [6.45, 7) is 2.07. The molecular weight excluding hydrogens is 516 g/mol. The molecule has 3 aromatic rings. The minimum absolute atomic E-state index is 0.0187. The van der Waals surface area contributed by atoms with Gasteiger partial charge in [0.05, 0.1) is 30.8 Å². The number of nitrogen functional groups attached to an aromatic ring is 1. The van der Waals surface area contributed by atoms with E-state index in [4.69, 9.17) is 27.5 Å². The largest absolute Gasteiger partial charge is 0.466 e. The summed E-state index contributed by atoms with van der Waals surface area (Å²) in [5.74, 6) is 5.02. The summed E-state index contributed by atoms with van der Waals surface area (Å²) in [5, 5.41) is 8.10. The van der Waals surface area contributed by atoms with E-state index in [0.717, 1.165) is 11.1 Å². The molecule has 0 fully saturated rings. The molecule has 0 saturated carbocycles. The SMILES string of the molecule is CCOC(=O)CCN1CC(=O)N(Cc2ccc(Cl)cc2)c2ccc(C#Cc3ccc(C(=N)N)cc3)cc2C1=O. The lowest BCUT2D eigenvalue weighted by Gasteiger charge is -2.23. The van der Waals surface area contributed by atoms with E-state index in [-0.39, 0.29) is 50.3 Å². The summed E-state index contributed by atoms with van der Waals surface area (Å²) in [7, 11) is 0. The molecule has 1 aliphatic rings. The Morgan fingerprint density at radius 1 is 1.03 bits per heavy atom. The van der Waals surface area contributed by atoms with Crippen molar-refractivity contribution in [2.45, 2.75) is 19.9 Å². The van der Waals surface area contributed by atoms with Crippen LogP contribution < -0.4 is 10.6 Å². The molecule has 0 aromatic heterocycles. The molecule has 8 nitrogen and oxygen atoms in total. The van der Waals surface area contributed by atoms with Crippen molar-refractivity contribution in [3.05, 3.63) is 99.6 Å². The number of carbonyl (C=O) groups is 3. The lowest BCUT2D eigenvalue weighted by atomic mass is 10.1. The number of amides is 2. The lowest BCUT2D eigenvalue weighted by molar-refractivity contribution is -0.143. The Labute approximate surface area is 231 Å². The van der Waals surface area contributed by atoms with Gasteiger partial charge in [-0.05, 0) is 55.0 Å². The molecule has 0 saturated heterocycles. The predicted octanol–water partition coefficient (Wildman–Crippen LogP) is 3.97. The quantitative estimate of drug-likeness (QED) is 0.203. The first kappa shape index (κ1) is 27.4. The number of rotatable bonds is 7. The molecule has 3 N–H and O–H groups in total. The molecule has 39 heavy (non-hydrogen) atoms. The first-order chi connectivity index (χ1) is 18.7. The van der Waals surface area contributed by atoms with Crippen molar-refractivity contribution in [3.8, 4) is 11.8 Å². The Kier molecular flexibility index (Phi) is 8.64.